The average molecular weight is 216 g/mol. The third kappa shape index (κ3) is 3.77. The lowest BCUT2D eigenvalue weighted by Gasteiger charge is -2.28. The van der Waals surface area contributed by atoms with E-state index >= 15 is 0 Å². The smallest absolute Gasteiger partial charge is 0.238 e. The van der Waals surface area contributed by atoms with Gasteiger partial charge in [-0.3, -0.25) is 4.79 Å². The second-order valence-corrected chi connectivity index (χ2v) is 4.28. The van der Waals surface area contributed by atoms with Crippen LogP contribution >= 0.6 is 0 Å². The van der Waals surface area contributed by atoms with E-state index in [4.69, 9.17) is 9.94 Å². The molecule has 88 valence electrons. The third-order valence-corrected chi connectivity index (χ3v) is 2.01. The molecule has 0 radical (unpaired) electrons. The summed E-state index contributed by atoms with van der Waals surface area (Å²) in [6, 6.07) is 0. The Balaban J connectivity index is 5.01. The fraction of sp³-hybridized carbons (Fsp3) is 0.800. The van der Waals surface area contributed by atoms with Crippen molar-refractivity contribution in [2.24, 2.45) is 16.5 Å². The maximum absolute atomic E-state index is 11.7. The fourth-order valence-electron chi connectivity index (χ4n) is 1.34. The van der Waals surface area contributed by atoms with E-state index in [9.17, 15) is 4.79 Å². The number of nitrogens with zero attached hydrogens (tertiary/aromatic N) is 1. The van der Waals surface area contributed by atoms with Crippen molar-refractivity contribution in [2.45, 2.75) is 27.7 Å². The van der Waals surface area contributed by atoms with Gasteiger partial charge < -0.3 is 15.3 Å². The van der Waals surface area contributed by atoms with Gasteiger partial charge in [0.15, 0.2) is 0 Å². The van der Waals surface area contributed by atoms with Crippen molar-refractivity contribution < 1.29 is 14.7 Å². The number of ether oxygens (including phenoxy) is 1. The molecule has 0 saturated carbocycles. The first-order valence-electron chi connectivity index (χ1n) is 4.94. The number of oxime groups is 1. The van der Waals surface area contributed by atoms with Gasteiger partial charge in [0, 0.05) is 7.05 Å². The molecule has 0 aromatic heterocycles. The molecule has 0 aromatic rings. The van der Waals surface area contributed by atoms with Gasteiger partial charge in [0.25, 0.3) is 0 Å². The normalized spacial score (nSPS) is 14.6. The quantitative estimate of drug-likeness (QED) is 0.322. The number of amides is 1. The Labute approximate surface area is 90.5 Å². The van der Waals surface area contributed by atoms with E-state index in [0.717, 1.165) is 0 Å². The Hall–Kier alpha value is -1.26. The van der Waals surface area contributed by atoms with E-state index in [1.54, 1.807) is 14.0 Å². The summed E-state index contributed by atoms with van der Waals surface area (Å²) in [5.41, 5.74) is -0.364. The van der Waals surface area contributed by atoms with Crippen molar-refractivity contribution in [3.05, 3.63) is 0 Å². The predicted octanol–water partition coefficient (Wildman–Crippen LogP) is 1.22. The number of carbonyl (C=O) groups is 1. The fourth-order valence-corrected chi connectivity index (χ4v) is 1.34. The molecule has 1 amide bonds. The zero-order valence-corrected chi connectivity index (χ0v) is 10.00. The molecule has 0 heterocycles. The molecule has 0 aliphatic carbocycles. The number of rotatable bonds is 3. The van der Waals surface area contributed by atoms with Gasteiger partial charge in [0.05, 0.1) is 6.61 Å². The zero-order chi connectivity index (χ0) is 12.1. The number of hydrogen-bond donors (Lipinski definition) is 2. The highest BCUT2D eigenvalue weighted by molar-refractivity contribution is 6.00. The third-order valence-electron chi connectivity index (χ3n) is 2.01. The van der Waals surface area contributed by atoms with Crippen LogP contribution in [0.1, 0.15) is 27.7 Å². The van der Waals surface area contributed by atoms with Crippen LogP contribution in [0, 0.1) is 11.3 Å². The molecule has 5 nitrogen and oxygen atoms in total. The number of carbonyl (C=O) groups excluding carboxylic acids is 1. The largest absolute Gasteiger partial charge is 0.478 e. The molecule has 0 bridgehead atoms. The van der Waals surface area contributed by atoms with Crippen molar-refractivity contribution >= 4 is 11.8 Å². The highest BCUT2D eigenvalue weighted by atomic mass is 16.5. The first kappa shape index (κ1) is 13.7. The van der Waals surface area contributed by atoms with Crippen molar-refractivity contribution in [1.29, 1.82) is 0 Å². The Bertz CT molecular complexity index is 244. The van der Waals surface area contributed by atoms with Crippen LogP contribution in [0.5, 0.6) is 0 Å². The van der Waals surface area contributed by atoms with Crippen LogP contribution in [0.4, 0.5) is 0 Å². The minimum atomic E-state index is -0.590. The summed E-state index contributed by atoms with van der Waals surface area (Å²) in [6.07, 6.45) is 0. The summed E-state index contributed by atoms with van der Waals surface area (Å²) in [4.78, 5) is 11.7. The molecule has 0 saturated heterocycles. The maximum atomic E-state index is 11.7. The van der Waals surface area contributed by atoms with Crippen molar-refractivity contribution in [3.63, 3.8) is 0 Å². The van der Waals surface area contributed by atoms with Crippen LogP contribution in [0.15, 0.2) is 5.16 Å². The highest BCUT2D eigenvalue weighted by Gasteiger charge is 2.37. The van der Waals surface area contributed by atoms with E-state index in [2.05, 4.69) is 10.5 Å². The summed E-state index contributed by atoms with van der Waals surface area (Å²) in [6.45, 7) is 7.79. The van der Waals surface area contributed by atoms with E-state index < -0.39 is 5.92 Å². The standard InChI is InChI=1S/C10H20N2O3/c1-6-15-9(12-14)7(8(13)11-5)10(2,3)4/h7,14H,6H2,1-5H3,(H,11,13). The average Bonchev–Trinajstić information content (AvgIpc) is 2.14. The van der Waals surface area contributed by atoms with E-state index in [-0.39, 0.29) is 17.2 Å². The topological polar surface area (TPSA) is 70.9 Å². The molecular weight excluding hydrogens is 196 g/mol. The Morgan fingerprint density at radius 2 is 2.07 bits per heavy atom. The number of nitrogens with one attached hydrogen (secondary N) is 1. The van der Waals surface area contributed by atoms with Gasteiger partial charge >= 0.3 is 0 Å². The second kappa shape index (κ2) is 5.58. The summed E-state index contributed by atoms with van der Waals surface area (Å²) in [7, 11) is 1.54. The van der Waals surface area contributed by atoms with Crippen molar-refractivity contribution in [2.75, 3.05) is 13.7 Å². The molecule has 5 heteroatoms. The highest BCUT2D eigenvalue weighted by Crippen LogP contribution is 2.27. The molecule has 2 N–H and O–H groups in total. The minimum absolute atomic E-state index is 0.0596. The van der Waals surface area contributed by atoms with Gasteiger partial charge in [-0.05, 0) is 12.3 Å². The van der Waals surface area contributed by atoms with Crippen LogP contribution in [0.25, 0.3) is 0 Å². The molecule has 0 fully saturated rings. The lowest BCUT2D eigenvalue weighted by atomic mass is 9.80. The summed E-state index contributed by atoms with van der Waals surface area (Å²) in [5.74, 6) is -0.749. The van der Waals surface area contributed by atoms with E-state index in [1.807, 2.05) is 20.8 Å². The molecule has 0 aromatic carbocycles. The van der Waals surface area contributed by atoms with Gasteiger partial charge in [-0.1, -0.05) is 25.9 Å². The van der Waals surface area contributed by atoms with Gasteiger partial charge in [-0.25, -0.2) is 0 Å². The summed E-state index contributed by atoms with van der Waals surface area (Å²) < 4.78 is 5.14. The molecule has 15 heavy (non-hydrogen) atoms. The summed E-state index contributed by atoms with van der Waals surface area (Å²) in [5, 5.41) is 14.4. The molecule has 0 rings (SSSR count). The van der Waals surface area contributed by atoms with Crippen LogP contribution in [-0.4, -0.2) is 30.7 Å². The van der Waals surface area contributed by atoms with Gasteiger partial charge in [-0.2, -0.15) is 0 Å². The predicted molar refractivity (Wildman–Crippen MR) is 57.9 cm³/mol. The van der Waals surface area contributed by atoms with Gasteiger partial charge in [-0.15, -0.1) is 0 Å². The summed E-state index contributed by atoms with van der Waals surface area (Å²) >= 11 is 0. The maximum Gasteiger partial charge on any atom is 0.238 e. The molecule has 0 spiro atoms. The first-order chi connectivity index (χ1) is 6.88. The Morgan fingerprint density at radius 1 is 1.53 bits per heavy atom. The number of hydrogen-bond acceptors (Lipinski definition) is 4. The van der Waals surface area contributed by atoms with Crippen molar-refractivity contribution in [1.82, 2.24) is 5.32 Å². The zero-order valence-electron chi connectivity index (χ0n) is 10.00. The van der Waals surface area contributed by atoms with Crippen LogP contribution < -0.4 is 5.32 Å². The van der Waals surface area contributed by atoms with E-state index in [0.29, 0.717) is 6.61 Å². The van der Waals surface area contributed by atoms with Gasteiger partial charge in [0.1, 0.15) is 5.92 Å². The lowest BCUT2D eigenvalue weighted by Crippen LogP contribution is -2.42. The molecule has 0 aliphatic rings. The monoisotopic (exact) mass is 216 g/mol. The minimum Gasteiger partial charge on any atom is -0.478 e. The SMILES string of the molecule is CCOC(=NO)C(C(=O)NC)C(C)(C)C. The van der Waals surface area contributed by atoms with Crippen LogP contribution in [0.3, 0.4) is 0 Å². The van der Waals surface area contributed by atoms with E-state index in [1.165, 1.54) is 0 Å². The van der Waals surface area contributed by atoms with Crippen LogP contribution in [0.2, 0.25) is 0 Å². The Morgan fingerprint density at radius 3 is 2.33 bits per heavy atom. The first-order valence-corrected chi connectivity index (χ1v) is 4.94. The second-order valence-electron chi connectivity index (χ2n) is 4.28. The Kier molecular flexibility index (Phi) is 5.11. The molecule has 1 unspecified atom stereocenters. The molecule has 1 atom stereocenters. The van der Waals surface area contributed by atoms with Gasteiger partial charge in [0.2, 0.25) is 11.8 Å². The molecule has 0 aliphatic heterocycles. The van der Waals surface area contributed by atoms with Crippen LogP contribution in [-0.2, 0) is 9.53 Å². The van der Waals surface area contributed by atoms with Crippen molar-refractivity contribution in [3.8, 4) is 0 Å². The lowest BCUT2D eigenvalue weighted by molar-refractivity contribution is -0.125. The molecular formula is C10H20N2O3.